The molecule has 0 aliphatic heterocycles. The molecule has 2 N–H and O–H groups in total. The summed E-state index contributed by atoms with van der Waals surface area (Å²) in [5.41, 5.74) is 7.01. The monoisotopic (exact) mass is 221 g/mol. The molecule has 0 bridgehead atoms. The lowest BCUT2D eigenvalue weighted by Crippen LogP contribution is -2.29. The van der Waals surface area contributed by atoms with Gasteiger partial charge in [-0.1, -0.05) is 13.3 Å². The minimum Gasteiger partial charge on any atom is -0.357 e. The summed E-state index contributed by atoms with van der Waals surface area (Å²) in [4.78, 5) is 6.61. The van der Waals surface area contributed by atoms with Crippen molar-refractivity contribution in [3.63, 3.8) is 0 Å². The fourth-order valence-corrected chi connectivity index (χ4v) is 1.75. The number of pyridine rings is 1. The molecular weight excluding hydrogens is 198 g/mol. The van der Waals surface area contributed by atoms with Crippen molar-refractivity contribution in [3.8, 4) is 0 Å². The maximum absolute atomic E-state index is 5.87. The molecule has 0 aliphatic carbocycles. The fraction of sp³-hybridized carbons (Fsp3) is 0.615. The Balaban J connectivity index is 2.82. The predicted molar refractivity (Wildman–Crippen MR) is 69.6 cm³/mol. The van der Waals surface area contributed by atoms with Gasteiger partial charge in [0.25, 0.3) is 0 Å². The van der Waals surface area contributed by atoms with Crippen molar-refractivity contribution < 1.29 is 0 Å². The minimum atomic E-state index is 0.0663. The molecule has 16 heavy (non-hydrogen) atoms. The number of nitrogens with zero attached hydrogens (tertiary/aromatic N) is 2. The highest BCUT2D eigenvalue weighted by Crippen LogP contribution is 2.18. The molecule has 1 heterocycles. The molecule has 1 rings (SSSR count). The molecule has 2 unspecified atom stereocenters. The van der Waals surface area contributed by atoms with Gasteiger partial charge in [-0.25, -0.2) is 4.98 Å². The summed E-state index contributed by atoms with van der Waals surface area (Å²) in [5.74, 6) is 1.01. The van der Waals surface area contributed by atoms with E-state index < -0.39 is 0 Å². The second-order valence-corrected chi connectivity index (χ2v) is 4.48. The Morgan fingerprint density at radius 2 is 2.12 bits per heavy atom. The third-order valence-electron chi connectivity index (χ3n) is 3.02. The molecule has 0 radical (unpaired) electrons. The zero-order valence-electron chi connectivity index (χ0n) is 10.8. The molecule has 0 spiro atoms. The molecule has 0 aromatic carbocycles. The molecule has 3 nitrogen and oxygen atoms in total. The van der Waals surface area contributed by atoms with Crippen LogP contribution in [0.5, 0.6) is 0 Å². The van der Waals surface area contributed by atoms with Gasteiger partial charge in [-0.15, -0.1) is 0 Å². The first kappa shape index (κ1) is 13.0. The highest BCUT2D eigenvalue weighted by atomic mass is 15.2. The maximum atomic E-state index is 5.87. The lowest BCUT2D eigenvalue weighted by Gasteiger charge is -2.26. The average Bonchev–Trinajstić information content (AvgIpc) is 2.28. The first-order valence-electron chi connectivity index (χ1n) is 6.00. The van der Waals surface area contributed by atoms with Gasteiger partial charge in [0.1, 0.15) is 5.82 Å². The van der Waals surface area contributed by atoms with Crippen LogP contribution in [0.1, 0.15) is 45.2 Å². The van der Waals surface area contributed by atoms with Gasteiger partial charge >= 0.3 is 0 Å². The minimum absolute atomic E-state index is 0.0663. The smallest absolute Gasteiger partial charge is 0.128 e. The molecule has 0 amide bonds. The average molecular weight is 221 g/mol. The lowest BCUT2D eigenvalue weighted by atomic mass is 10.1. The van der Waals surface area contributed by atoms with Gasteiger partial charge in [-0.2, -0.15) is 0 Å². The van der Waals surface area contributed by atoms with Crippen molar-refractivity contribution in [2.24, 2.45) is 5.73 Å². The Kier molecular flexibility index (Phi) is 4.74. The maximum Gasteiger partial charge on any atom is 0.128 e. The first-order chi connectivity index (χ1) is 7.56. The van der Waals surface area contributed by atoms with Crippen LogP contribution in [-0.2, 0) is 0 Å². The summed E-state index contributed by atoms with van der Waals surface area (Å²) in [6.45, 7) is 6.43. The van der Waals surface area contributed by atoms with E-state index in [2.05, 4.69) is 36.8 Å². The van der Waals surface area contributed by atoms with Crippen LogP contribution in [0.4, 0.5) is 5.82 Å². The van der Waals surface area contributed by atoms with Gasteiger partial charge in [0.15, 0.2) is 0 Å². The number of rotatable bonds is 5. The molecule has 1 aromatic heterocycles. The van der Waals surface area contributed by atoms with Gasteiger partial charge < -0.3 is 10.6 Å². The summed E-state index contributed by atoms with van der Waals surface area (Å²) in [6, 6.07) is 4.64. The van der Waals surface area contributed by atoms with Crippen molar-refractivity contribution in [3.05, 3.63) is 23.9 Å². The summed E-state index contributed by atoms with van der Waals surface area (Å²) in [7, 11) is 2.09. The number of hydrogen-bond donors (Lipinski definition) is 1. The van der Waals surface area contributed by atoms with Crippen LogP contribution < -0.4 is 10.6 Å². The highest BCUT2D eigenvalue weighted by Gasteiger charge is 2.11. The third kappa shape index (κ3) is 3.20. The summed E-state index contributed by atoms with van der Waals surface area (Å²) >= 11 is 0. The van der Waals surface area contributed by atoms with E-state index in [-0.39, 0.29) is 6.04 Å². The van der Waals surface area contributed by atoms with Crippen molar-refractivity contribution >= 4 is 5.82 Å². The lowest BCUT2D eigenvalue weighted by molar-refractivity contribution is 0.610. The Hall–Kier alpha value is -1.09. The standard InChI is InChI=1S/C13H23N3/c1-5-6-10(2)16(4)13-9-12(11(3)14)7-8-15-13/h7-11H,5-6,14H2,1-4H3. The van der Waals surface area contributed by atoms with Crippen molar-refractivity contribution in [2.45, 2.75) is 45.7 Å². The Morgan fingerprint density at radius 3 is 2.69 bits per heavy atom. The van der Waals surface area contributed by atoms with Gasteiger partial charge in [-0.05, 0) is 38.0 Å². The molecule has 0 fully saturated rings. The van der Waals surface area contributed by atoms with E-state index >= 15 is 0 Å². The highest BCUT2D eigenvalue weighted by molar-refractivity contribution is 5.41. The van der Waals surface area contributed by atoms with Crippen LogP contribution in [-0.4, -0.2) is 18.1 Å². The zero-order valence-corrected chi connectivity index (χ0v) is 10.8. The van der Waals surface area contributed by atoms with Gasteiger partial charge in [0, 0.05) is 25.3 Å². The zero-order chi connectivity index (χ0) is 12.1. The van der Waals surface area contributed by atoms with E-state index in [0.29, 0.717) is 6.04 Å². The molecule has 3 heteroatoms. The fourth-order valence-electron chi connectivity index (χ4n) is 1.75. The van der Waals surface area contributed by atoms with Crippen LogP contribution in [0.2, 0.25) is 0 Å². The van der Waals surface area contributed by atoms with Crippen LogP contribution >= 0.6 is 0 Å². The normalized spacial score (nSPS) is 14.6. The molecule has 0 saturated carbocycles. The van der Waals surface area contributed by atoms with E-state index in [1.807, 2.05) is 19.2 Å². The summed E-state index contributed by atoms with van der Waals surface area (Å²) in [6.07, 6.45) is 4.21. The van der Waals surface area contributed by atoms with Crippen LogP contribution in [0.3, 0.4) is 0 Å². The molecular formula is C13H23N3. The van der Waals surface area contributed by atoms with Crippen molar-refractivity contribution in [2.75, 3.05) is 11.9 Å². The van der Waals surface area contributed by atoms with E-state index in [0.717, 1.165) is 11.4 Å². The second-order valence-electron chi connectivity index (χ2n) is 4.48. The molecule has 1 aromatic rings. The summed E-state index contributed by atoms with van der Waals surface area (Å²) in [5, 5.41) is 0. The Bertz CT molecular complexity index is 323. The molecule has 0 saturated heterocycles. The largest absolute Gasteiger partial charge is 0.357 e. The van der Waals surface area contributed by atoms with Gasteiger partial charge in [-0.3, -0.25) is 0 Å². The third-order valence-corrected chi connectivity index (χ3v) is 3.02. The summed E-state index contributed by atoms with van der Waals surface area (Å²) < 4.78 is 0. The van der Waals surface area contributed by atoms with Gasteiger partial charge in [0.2, 0.25) is 0 Å². The quantitative estimate of drug-likeness (QED) is 0.831. The van der Waals surface area contributed by atoms with E-state index in [1.165, 1.54) is 12.8 Å². The SMILES string of the molecule is CCCC(C)N(C)c1cc(C(C)N)ccn1. The number of aromatic nitrogens is 1. The van der Waals surface area contributed by atoms with Crippen molar-refractivity contribution in [1.29, 1.82) is 0 Å². The van der Waals surface area contributed by atoms with Crippen LogP contribution in [0.25, 0.3) is 0 Å². The van der Waals surface area contributed by atoms with Crippen molar-refractivity contribution in [1.82, 2.24) is 4.98 Å². The van der Waals surface area contributed by atoms with Crippen LogP contribution in [0, 0.1) is 0 Å². The van der Waals surface area contributed by atoms with Gasteiger partial charge in [0.05, 0.1) is 0 Å². The Labute approximate surface area is 98.7 Å². The number of nitrogens with two attached hydrogens (primary N) is 1. The molecule has 0 aliphatic rings. The van der Waals surface area contributed by atoms with E-state index in [1.54, 1.807) is 0 Å². The number of anilines is 1. The second kappa shape index (κ2) is 5.85. The topological polar surface area (TPSA) is 42.1 Å². The van der Waals surface area contributed by atoms with E-state index in [9.17, 15) is 0 Å². The molecule has 2 atom stereocenters. The predicted octanol–water partition coefficient (Wildman–Crippen LogP) is 2.73. The van der Waals surface area contributed by atoms with Crippen LogP contribution in [0.15, 0.2) is 18.3 Å². The molecule has 90 valence electrons. The Morgan fingerprint density at radius 1 is 1.44 bits per heavy atom. The van der Waals surface area contributed by atoms with E-state index in [4.69, 9.17) is 5.73 Å². The number of hydrogen-bond acceptors (Lipinski definition) is 3. The first-order valence-corrected chi connectivity index (χ1v) is 6.00.